The van der Waals surface area contributed by atoms with E-state index in [0.29, 0.717) is 51.1 Å². The van der Waals surface area contributed by atoms with E-state index in [4.69, 9.17) is 32.7 Å². The molecular weight excluding hydrogens is 539 g/mol. The standard InChI is InChI=1S/C28H26Cl2N6O3/c1-4-38-24-13-18(8-12-23(24)39-15-19-7-9-20(29)14-22(19)30)26-25(17(3)31-28-33-34-35-36(26)28)27(37)32-21-10-5-16(2)6-11-21/h5-14,26H,4,15H2,1-3H3,(H,32,37)(H,31,33,35). The van der Waals surface area contributed by atoms with Gasteiger partial charge in [0.25, 0.3) is 5.91 Å². The third-order valence-corrected chi connectivity index (χ3v) is 6.84. The molecule has 1 atom stereocenters. The molecule has 0 bridgehead atoms. The van der Waals surface area contributed by atoms with E-state index >= 15 is 0 Å². The number of hydrogen-bond acceptors (Lipinski definition) is 7. The van der Waals surface area contributed by atoms with E-state index in [9.17, 15) is 4.79 Å². The molecule has 200 valence electrons. The Bertz CT molecular complexity index is 1550. The third kappa shape index (κ3) is 5.69. The van der Waals surface area contributed by atoms with Gasteiger partial charge < -0.3 is 20.1 Å². The Kier molecular flexibility index (Phi) is 7.72. The van der Waals surface area contributed by atoms with Crippen LogP contribution in [0.25, 0.3) is 0 Å². The number of carbonyl (C=O) groups is 1. The minimum atomic E-state index is -0.610. The number of carbonyl (C=O) groups excluding carboxylic acids is 1. The number of halogens is 2. The Hall–Kier alpha value is -4.08. The maximum atomic E-state index is 13.6. The maximum Gasteiger partial charge on any atom is 0.255 e. The first kappa shape index (κ1) is 26.5. The molecule has 5 rings (SSSR count). The molecule has 1 amide bonds. The fourth-order valence-electron chi connectivity index (χ4n) is 4.33. The van der Waals surface area contributed by atoms with Gasteiger partial charge in [0.2, 0.25) is 5.95 Å². The second kappa shape index (κ2) is 11.3. The van der Waals surface area contributed by atoms with Gasteiger partial charge in [0, 0.05) is 27.0 Å². The number of aryl methyl sites for hydroxylation is 1. The Balaban J connectivity index is 1.48. The van der Waals surface area contributed by atoms with E-state index in [0.717, 1.165) is 16.7 Å². The van der Waals surface area contributed by atoms with Crippen LogP contribution >= 0.6 is 23.2 Å². The summed E-state index contributed by atoms with van der Waals surface area (Å²) in [5.41, 5.74) is 4.44. The van der Waals surface area contributed by atoms with E-state index in [1.807, 2.05) is 63.2 Å². The lowest BCUT2D eigenvalue weighted by Crippen LogP contribution is -2.31. The van der Waals surface area contributed by atoms with Crippen molar-refractivity contribution in [3.63, 3.8) is 0 Å². The number of benzene rings is 3. The Morgan fingerprint density at radius 3 is 2.56 bits per heavy atom. The van der Waals surface area contributed by atoms with Gasteiger partial charge in [-0.05, 0) is 73.2 Å². The molecule has 2 N–H and O–H groups in total. The highest BCUT2D eigenvalue weighted by Gasteiger charge is 2.34. The predicted octanol–water partition coefficient (Wildman–Crippen LogP) is 6.19. The van der Waals surface area contributed by atoms with Crippen molar-refractivity contribution in [3.8, 4) is 11.5 Å². The van der Waals surface area contributed by atoms with Crippen LogP contribution < -0.4 is 20.1 Å². The molecule has 39 heavy (non-hydrogen) atoms. The van der Waals surface area contributed by atoms with Gasteiger partial charge in [0.1, 0.15) is 12.6 Å². The number of hydrogen-bond donors (Lipinski definition) is 2. The molecule has 1 aliphatic rings. The first-order valence-corrected chi connectivity index (χ1v) is 13.1. The van der Waals surface area contributed by atoms with Crippen molar-refractivity contribution in [2.24, 2.45) is 0 Å². The van der Waals surface area contributed by atoms with Crippen molar-refractivity contribution in [2.75, 3.05) is 17.2 Å². The molecule has 0 radical (unpaired) electrons. The quantitative estimate of drug-likeness (QED) is 0.263. The van der Waals surface area contributed by atoms with E-state index in [2.05, 4.69) is 26.2 Å². The number of ether oxygens (including phenoxy) is 2. The van der Waals surface area contributed by atoms with Crippen molar-refractivity contribution >= 4 is 40.7 Å². The second-order valence-corrected chi connectivity index (χ2v) is 9.84. The molecule has 1 aromatic heterocycles. The van der Waals surface area contributed by atoms with Crippen molar-refractivity contribution < 1.29 is 14.3 Å². The van der Waals surface area contributed by atoms with Gasteiger partial charge in [-0.1, -0.05) is 58.1 Å². The van der Waals surface area contributed by atoms with Crippen molar-refractivity contribution in [2.45, 2.75) is 33.4 Å². The Morgan fingerprint density at radius 1 is 1.03 bits per heavy atom. The zero-order chi connectivity index (χ0) is 27.5. The van der Waals surface area contributed by atoms with E-state index in [1.54, 1.807) is 22.9 Å². The minimum absolute atomic E-state index is 0.225. The van der Waals surface area contributed by atoms with Crippen LogP contribution in [0, 0.1) is 6.92 Å². The van der Waals surface area contributed by atoms with Gasteiger partial charge in [-0.3, -0.25) is 4.79 Å². The highest BCUT2D eigenvalue weighted by molar-refractivity contribution is 6.35. The molecule has 0 aliphatic carbocycles. The number of amides is 1. The zero-order valence-corrected chi connectivity index (χ0v) is 23.0. The summed E-state index contributed by atoms with van der Waals surface area (Å²) in [7, 11) is 0. The number of allylic oxidation sites excluding steroid dienone is 1. The normalized spacial score (nSPS) is 14.4. The maximum absolute atomic E-state index is 13.6. The molecule has 4 aromatic rings. The van der Waals surface area contributed by atoms with Gasteiger partial charge in [-0.15, -0.1) is 0 Å². The number of anilines is 2. The first-order valence-electron chi connectivity index (χ1n) is 12.3. The monoisotopic (exact) mass is 564 g/mol. The van der Waals surface area contributed by atoms with Crippen LogP contribution in [0.4, 0.5) is 11.6 Å². The minimum Gasteiger partial charge on any atom is -0.490 e. The van der Waals surface area contributed by atoms with E-state index < -0.39 is 6.04 Å². The molecule has 9 nitrogen and oxygen atoms in total. The summed E-state index contributed by atoms with van der Waals surface area (Å²) in [6.45, 7) is 6.35. The lowest BCUT2D eigenvalue weighted by molar-refractivity contribution is -0.113. The smallest absolute Gasteiger partial charge is 0.255 e. The molecule has 1 aliphatic heterocycles. The van der Waals surface area contributed by atoms with Gasteiger partial charge in [-0.2, -0.15) is 4.68 Å². The number of fused-ring (bicyclic) bond motifs is 1. The predicted molar refractivity (Wildman–Crippen MR) is 150 cm³/mol. The van der Waals surface area contributed by atoms with Crippen LogP contribution in [0.2, 0.25) is 10.0 Å². The summed E-state index contributed by atoms with van der Waals surface area (Å²) in [5.74, 6) is 1.21. The Morgan fingerprint density at radius 2 is 1.82 bits per heavy atom. The van der Waals surface area contributed by atoms with Gasteiger partial charge in [0.15, 0.2) is 11.5 Å². The Labute approximate surface area is 235 Å². The molecule has 0 spiro atoms. The summed E-state index contributed by atoms with van der Waals surface area (Å²) in [6, 6.07) is 17.8. The molecule has 0 saturated heterocycles. The molecule has 1 unspecified atom stereocenters. The third-order valence-electron chi connectivity index (χ3n) is 6.25. The summed E-state index contributed by atoms with van der Waals surface area (Å²) in [5, 5.41) is 19.3. The van der Waals surface area contributed by atoms with Gasteiger partial charge >= 0.3 is 0 Å². The number of aromatic nitrogens is 4. The second-order valence-electron chi connectivity index (χ2n) is 9.00. The van der Waals surface area contributed by atoms with Crippen LogP contribution in [0.1, 0.15) is 36.6 Å². The van der Waals surface area contributed by atoms with Crippen LogP contribution in [0.5, 0.6) is 11.5 Å². The average molecular weight is 565 g/mol. The molecule has 3 aromatic carbocycles. The zero-order valence-electron chi connectivity index (χ0n) is 21.5. The topological polar surface area (TPSA) is 103 Å². The lowest BCUT2D eigenvalue weighted by atomic mass is 9.94. The summed E-state index contributed by atoms with van der Waals surface area (Å²) < 4.78 is 13.6. The van der Waals surface area contributed by atoms with Crippen LogP contribution in [-0.2, 0) is 11.4 Å². The SMILES string of the molecule is CCOc1cc(C2C(C(=O)Nc3ccc(C)cc3)=C(C)Nc3nnnn32)ccc1OCc1ccc(Cl)cc1Cl. The van der Waals surface area contributed by atoms with Gasteiger partial charge in [0.05, 0.1) is 12.2 Å². The van der Waals surface area contributed by atoms with Crippen molar-refractivity contribution in [3.05, 3.63) is 98.7 Å². The largest absolute Gasteiger partial charge is 0.490 e. The average Bonchev–Trinajstić information content (AvgIpc) is 3.37. The van der Waals surface area contributed by atoms with Crippen LogP contribution in [0.3, 0.4) is 0 Å². The number of nitrogens with one attached hydrogen (secondary N) is 2. The summed E-state index contributed by atoms with van der Waals surface area (Å²) in [6.07, 6.45) is 0. The van der Waals surface area contributed by atoms with E-state index in [-0.39, 0.29) is 12.5 Å². The number of nitrogens with zero attached hydrogens (tertiary/aromatic N) is 4. The van der Waals surface area contributed by atoms with Crippen molar-refractivity contribution in [1.29, 1.82) is 0 Å². The van der Waals surface area contributed by atoms with Crippen LogP contribution in [0.15, 0.2) is 71.9 Å². The summed E-state index contributed by atoms with van der Waals surface area (Å²) >= 11 is 12.3. The molecule has 11 heteroatoms. The summed E-state index contributed by atoms with van der Waals surface area (Å²) in [4.78, 5) is 13.6. The van der Waals surface area contributed by atoms with Crippen molar-refractivity contribution in [1.82, 2.24) is 20.2 Å². The molecule has 2 heterocycles. The fraction of sp³-hybridized carbons (Fsp3) is 0.214. The lowest BCUT2D eigenvalue weighted by Gasteiger charge is -2.28. The number of tetrazole rings is 1. The van der Waals surface area contributed by atoms with E-state index in [1.165, 1.54) is 0 Å². The fourth-order valence-corrected chi connectivity index (χ4v) is 4.79. The molecular formula is C28H26Cl2N6O3. The highest BCUT2D eigenvalue weighted by atomic mass is 35.5. The number of rotatable bonds is 8. The highest BCUT2D eigenvalue weighted by Crippen LogP contribution is 2.39. The molecule has 0 saturated carbocycles. The van der Waals surface area contributed by atoms with Gasteiger partial charge in [-0.25, -0.2) is 0 Å². The first-order chi connectivity index (χ1) is 18.8. The van der Waals surface area contributed by atoms with Crippen LogP contribution in [-0.4, -0.2) is 32.7 Å². The molecule has 0 fully saturated rings.